The number of benzene rings is 2. The number of carbonyl (C=O) groups is 1. The summed E-state index contributed by atoms with van der Waals surface area (Å²) in [5.74, 6) is 1.31. The minimum absolute atomic E-state index is 0.250. The van der Waals surface area contributed by atoms with Crippen molar-refractivity contribution in [2.24, 2.45) is 0 Å². The molecule has 0 saturated heterocycles. The number of anilines is 1. The van der Waals surface area contributed by atoms with Crippen LogP contribution in [0.15, 0.2) is 79.5 Å². The van der Waals surface area contributed by atoms with Crippen molar-refractivity contribution < 1.29 is 14.3 Å². The smallest absolute Gasteiger partial charge is 0.255 e. The summed E-state index contributed by atoms with van der Waals surface area (Å²) in [6, 6.07) is 17.8. The molecule has 0 unspecified atom stereocenters. The van der Waals surface area contributed by atoms with Gasteiger partial charge in [0.25, 0.3) is 5.91 Å². The molecule has 0 fully saturated rings. The van der Waals surface area contributed by atoms with Crippen LogP contribution in [0.4, 0.5) is 5.69 Å². The summed E-state index contributed by atoms with van der Waals surface area (Å²) in [4.78, 5) is 16.8. The Bertz CT molecular complexity index is 1110. The minimum Gasteiger partial charge on any atom is -0.493 e. The first-order chi connectivity index (χ1) is 14.2. The van der Waals surface area contributed by atoms with Crippen LogP contribution < -0.4 is 14.8 Å². The van der Waals surface area contributed by atoms with Crippen molar-refractivity contribution in [3.8, 4) is 23.1 Å². The molecular weight excluding hydrogens is 370 g/mol. The number of methoxy groups -OCH3 is 1. The number of aromatic nitrogens is 4. The maximum absolute atomic E-state index is 12.6. The number of carbonyl (C=O) groups excluding carboxylic acids is 1. The second kappa shape index (κ2) is 8.22. The number of amides is 1. The predicted molar refractivity (Wildman–Crippen MR) is 107 cm³/mol. The maximum Gasteiger partial charge on any atom is 0.255 e. The van der Waals surface area contributed by atoms with Crippen LogP contribution in [0.1, 0.15) is 10.4 Å². The Morgan fingerprint density at radius 1 is 0.966 bits per heavy atom. The fourth-order valence-electron chi connectivity index (χ4n) is 2.68. The molecule has 1 N–H and O–H groups in total. The van der Waals surface area contributed by atoms with Crippen LogP contribution in [0.25, 0.3) is 5.69 Å². The molecule has 0 aliphatic heterocycles. The van der Waals surface area contributed by atoms with E-state index in [1.165, 1.54) is 6.20 Å². The lowest BCUT2D eigenvalue weighted by molar-refractivity contribution is 0.102. The van der Waals surface area contributed by atoms with Crippen LogP contribution in [0.2, 0.25) is 0 Å². The molecule has 8 nitrogen and oxygen atoms in total. The highest BCUT2D eigenvalue weighted by atomic mass is 16.5. The van der Waals surface area contributed by atoms with Gasteiger partial charge in [0.2, 0.25) is 5.88 Å². The van der Waals surface area contributed by atoms with Crippen molar-refractivity contribution in [3.05, 3.63) is 85.1 Å². The quantitative estimate of drug-likeness (QED) is 0.542. The van der Waals surface area contributed by atoms with E-state index in [0.717, 1.165) is 5.69 Å². The zero-order valence-electron chi connectivity index (χ0n) is 15.5. The van der Waals surface area contributed by atoms with Gasteiger partial charge in [-0.1, -0.05) is 18.2 Å². The maximum atomic E-state index is 12.6. The van der Waals surface area contributed by atoms with Crippen LogP contribution >= 0.6 is 0 Å². The molecule has 0 spiro atoms. The molecule has 4 rings (SSSR count). The molecule has 0 atom stereocenters. The molecule has 0 aliphatic rings. The lowest BCUT2D eigenvalue weighted by atomic mass is 10.2. The molecular formula is C21H17N5O3. The summed E-state index contributed by atoms with van der Waals surface area (Å²) >= 11 is 0. The minimum atomic E-state index is -0.250. The molecule has 2 aromatic heterocycles. The van der Waals surface area contributed by atoms with Crippen LogP contribution in [-0.4, -0.2) is 32.8 Å². The Morgan fingerprint density at radius 2 is 1.76 bits per heavy atom. The second-order valence-corrected chi connectivity index (χ2v) is 6.01. The first-order valence-corrected chi connectivity index (χ1v) is 8.76. The van der Waals surface area contributed by atoms with Gasteiger partial charge in [-0.25, -0.2) is 4.98 Å². The normalized spacial score (nSPS) is 10.4. The van der Waals surface area contributed by atoms with Crippen molar-refractivity contribution in [2.75, 3.05) is 12.4 Å². The zero-order valence-corrected chi connectivity index (χ0v) is 15.5. The lowest BCUT2D eigenvalue weighted by Gasteiger charge is -2.10. The molecule has 0 aliphatic carbocycles. The van der Waals surface area contributed by atoms with Gasteiger partial charge in [-0.2, -0.15) is 0 Å². The molecule has 4 aromatic rings. The molecule has 0 bridgehead atoms. The number of hydrogen-bond donors (Lipinski definition) is 1. The number of nitrogens with one attached hydrogen (secondary N) is 1. The summed E-state index contributed by atoms with van der Waals surface area (Å²) in [6.07, 6.45) is 4.68. The Hall–Kier alpha value is -4.20. The van der Waals surface area contributed by atoms with Crippen LogP contribution in [0, 0.1) is 0 Å². The van der Waals surface area contributed by atoms with Crippen LogP contribution in [0.5, 0.6) is 17.4 Å². The summed E-state index contributed by atoms with van der Waals surface area (Å²) in [5, 5.41) is 10.4. The first kappa shape index (κ1) is 18.2. The molecule has 2 heterocycles. The topological polar surface area (TPSA) is 91.2 Å². The fraction of sp³-hybridized carbons (Fsp3) is 0.0476. The van der Waals surface area contributed by atoms with Crippen molar-refractivity contribution in [1.29, 1.82) is 0 Å². The van der Waals surface area contributed by atoms with Gasteiger partial charge in [-0.15, -0.1) is 10.2 Å². The molecule has 8 heteroatoms. The van der Waals surface area contributed by atoms with Gasteiger partial charge in [0, 0.05) is 17.3 Å². The molecule has 0 saturated carbocycles. The van der Waals surface area contributed by atoms with Crippen molar-refractivity contribution in [2.45, 2.75) is 0 Å². The summed E-state index contributed by atoms with van der Waals surface area (Å²) in [7, 11) is 1.58. The van der Waals surface area contributed by atoms with Gasteiger partial charge in [0.1, 0.15) is 12.7 Å². The first-order valence-electron chi connectivity index (χ1n) is 8.76. The summed E-state index contributed by atoms with van der Waals surface area (Å²) < 4.78 is 12.7. The fourth-order valence-corrected chi connectivity index (χ4v) is 2.68. The Morgan fingerprint density at radius 3 is 2.48 bits per heavy atom. The van der Waals surface area contributed by atoms with Crippen molar-refractivity contribution in [1.82, 2.24) is 19.7 Å². The van der Waals surface area contributed by atoms with E-state index < -0.39 is 0 Å². The van der Waals surface area contributed by atoms with E-state index in [1.807, 2.05) is 18.2 Å². The molecule has 29 heavy (non-hydrogen) atoms. The standard InChI is InChI=1S/C21H17N5O3/c1-28-18-7-2-3-8-19(18)29-20-10-9-16(12-22-20)25-21(27)15-5-4-6-17(11-15)26-13-23-24-14-26/h2-14H,1H3,(H,25,27). The third kappa shape index (κ3) is 4.22. The monoisotopic (exact) mass is 387 g/mol. The SMILES string of the molecule is COc1ccccc1Oc1ccc(NC(=O)c2cccc(-n3cnnc3)c2)cn1. The Balaban J connectivity index is 1.45. The third-order valence-corrected chi connectivity index (χ3v) is 4.10. The van der Waals surface area contributed by atoms with Gasteiger partial charge in [-0.05, 0) is 36.4 Å². The predicted octanol–water partition coefficient (Wildman–Crippen LogP) is 3.72. The highest BCUT2D eigenvalue weighted by Gasteiger charge is 2.09. The Labute approximate surface area is 166 Å². The van der Waals surface area contributed by atoms with E-state index in [-0.39, 0.29) is 5.91 Å². The van der Waals surface area contributed by atoms with Gasteiger partial charge >= 0.3 is 0 Å². The summed E-state index contributed by atoms with van der Waals surface area (Å²) in [5.41, 5.74) is 1.85. The Kier molecular flexibility index (Phi) is 5.15. The van der Waals surface area contributed by atoms with Crippen LogP contribution in [-0.2, 0) is 0 Å². The van der Waals surface area contributed by atoms with Gasteiger partial charge < -0.3 is 14.8 Å². The van der Waals surface area contributed by atoms with Gasteiger partial charge in [0.15, 0.2) is 11.5 Å². The van der Waals surface area contributed by atoms with E-state index >= 15 is 0 Å². The van der Waals surface area contributed by atoms with E-state index in [0.29, 0.717) is 28.6 Å². The highest BCUT2D eigenvalue weighted by molar-refractivity contribution is 6.04. The van der Waals surface area contributed by atoms with E-state index in [1.54, 1.807) is 66.8 Å². The molecule has 1 amide bonds. The number of hydrogen-bond acceptors (Lipinski definition) is 6. The number of nitrogens with zero attached hydrogens (tertiary/aromatic N) is 4. The van der Waals surface area contributed by atoms with Gasteiger partial charge in [-0.3, -0.25) is 9.36 Å². The van der Waals surface area contributed by atoms with Crippen molar-refractivity contribution in [3.63, 3.8) is 0 Å². The van der Waals surface area contributed by atoms with Gasteiger partial charge in [0.05, 0.1) is 19.0 Å². The summed E-state index contributed by atoms with van der Waals surface area (Å²) in [6.45, 7) is 0. The number of rotatable bonds is 6. The van der Waals surface area contributed by atoms with E-state index in [4.69, 9.17) is 9.47 Å². The zero-order chi connectivity index (χ0) is 20.1. The lowest BCUT2D eigenvalue weighted by Crippen LogP contribution is -2.12. The largest absolute Gasteiger partial charge is 0.493 e. The second-order valence-electron chi connectivity index (χ2n) is 6.01. The molecule has 144 valence electrons. The number of ether oxygens (including phenoxy) is 2. The molecule has 2 aromatic carbocycles. The number of para-hydroxylation sites is 2. The third-order valence-electron chi connectivity index (χ3n) is 4.10. The average molecular weight is 387 g/mol. The van der Waals surface area contributed by atoms with Crippen molar-refractivity contribution >= 4 is 11.6 Å². The van der Waals surface area contributed by atoms with Crippen LogP contribution in [0.3, 0.4) is 0 Å². The molecule has 0 radical (unpaired) electrons. The van der Waals surface area contributed by atoms with E-state index in [2.05, 4.69) is 20.5 Å². The number of pyridine rings is 1. The highest BCUT2D eigenvalue weighted by Crippen LogP contribution is 2.30. The van der Waals surface area contributed by atoms with E-state index in [9.17, 15) is 4.79 Å². The average Bonchev–Trinajstić information content (AvgIpc) is 3.31.